The van der Waals surface area contributed by atoms with Crippen molar-refractivity contribution in [2.45, 2.75) is 25.2 Å². The van der Waals surface area contributed by atoms with Crippen molar-refractivity contribution in [2.75, 3.05) is 38.9 Å². The highest BCUT2D eigenvalue weighted by atomic mass is 16.7. The van der Waals surface area contributed by atoms with Crippen LogP contribution in [0, 0.1) is 0 Å². The molecule has 1 amide bonds. The minimum Gasteiger partial charge on any atom is -0.378 e. The Morgan fingerprint density at radius 3 is 2.63 bits per heavy atom. The molecule has 0 aromatic carbocycles. The van der Waals surface area contributed by atoms with Gasteiger partial charge >= 0.3 is 0 Å². The molecule has 0 unspecified atom stereocenters. The second-order valence-electron chi connectivity index (χ2n) is 9.60. The maximum absolute atomic E-state index is 11.7. The second kappa shape index (κ2) is 9.88. The number of hydrogen-bond acceptors (Lipinski definition) is 8. The summed E-state index contributed by atoms with van der Waals surface area (Å²) < 4.78 is 25.0. The van der Waals surface area contributed by atoms with Crippen LogP contribution in [-0.4, -0.2) is 59.0 Å². The molecule has 2 aliphatic rings. The Labute approximate surface area is 219 Å². The van der Waals surface area contributed by atoms with Crippen molar-refractivity contribution in [3.63, 3.8) is 0 Å². The number of nitrogens with one attached hydrogen (secondary N) is 1. The quantitative estimate of drug-likeness (QED) is 0.411. The van der Waals surface area contributed by atoms with Gasteiger partial charge in [-0.25, -0.2) is 9.97 Å². The molecule has 0 radical (unpaired) electrons. The Balaban J connectivity index is 1.49. The van der Waals surface area contributed by atoms with Crippen molar-refractivity contribution in [3.05, 3.63) is 60.2 Å². The molecular weight excluding hydrogens is 486 g/mol. The van der Waals surface area contributed by atoms with Gasteiger partial charge < -0.3 is 28.8 Å². The Kier molecular flexibility index (Phi) is 6.40. The number of aromatic nitrogens is 4. The maximum atomic E-state index is 11.7. The first-order chi connectivity index (χ1) is 18.5. The molecule has 196 valence electrons. The van der Waals surface area contributed by atoms with Crippen LogP contribution < -0.4 is 5.32 Å². The van der Waals surface area contributed by atoms with Crippen LogP contribution in [-0.2, 0) is 36.4 Å². The van der Waals surface area contributed by atoms with Gasteiger partial charge in [0.1, 0.15) is 11.4 Å². The topological polar surface area (TPSA) is 110 Å². The standard InChI is InChI=1S/C28H29N5O5/c1-17(34)31-26-12-20-21(15-33(2)24(20)14-30-26)23-10-19(11-25(32-23)28(35-3)6-7-36-16-28)22-5-4-18(13-29-22)27-37-8-9-38-27/h4-5,10-15,27H,6-9,16H2,1-3H3,(H,30,31,34)/t28-/m1/s1. The SMILES string of the molecule is CO[C@]1(c2cc(-c3ccc(C4OCCO4)cn3)cc(-c3cn(C)c4cnc(NC(C)=O)cc34)n2)CCOC1. The van der Waals surface area contributed by atoms with Gasteiger partial charge in [0.15, 0.2) is 6.29 Å². The Bertz CT molecular complexity index is 1490. The third kappa shape index (κ3) is 4.45. The number of amides is 1. The van der Waals surface area contributed by atoms with Crippen molar-refractivity contribution < 1.29 is 23.7 Å². The molecule has 1 atom stereocenters. The summed E-state index contributed by atoms with van der Waals surface area (Å²) in [4.78, 5) is 25.9. The van der Waals surface area contributed by atoms with E-state index in [0.29, 0.717) is 38.7 Å². The number of carbonyl (C=O) groups is 1. The molecule has 0 aliphatic carbocycles. The van der Waals surface area contributed by atoms with Crippen LogP contribution in [0.5, 0.6) is 0 Å². The van der Waals surface area contributed by atoms with Crippen molar-refractivity contribution in [1.29, 1.82) is 0 Å². The third-order valence-corrected chi connectivity index (χ3v) is 7.10. The third-order valence-electron chi connectivity index (χ3n) is 7.10. The fraction of sp³-hybridized carbons (Fsp3) is 0.357. The summed E-state index contributed by atoms with van der Waals surface area (Å²) in [6.45, 7) is 3.65. The monoisotopic (exact) mass is 515 g/mol. The van der Waals surface area contributed by atoms with Gasteiger partial charge in [-0.3, -0.25) is 9.78 Å². The van der Waals surface area contributed by atoms with Gasteiger partial charge in [0.2, 0.25) is 5.91 Å². The highest BCUT2D eigenvalue weighted by Crippen LogP contribution is 2.38. The molecule has 2 aliphatic heterocycles. The molecule has 10 nitrogen and oxygen atoms in total. The average molecular weight is 516 g/mol. The molecule has 6 heterocycles. The molecule has 6 rings (SSSR count). The largest absolute Gasteiger partial charge is 0.378 e. The highest BCUT2D eigenvalue weighted by Gasteiger charge is 2.39. The van der Waals surface area contributed by atoms with Gasteiger partial charge in [-0.1, -0.05) is 6.07 Å². The molecule has 0 bridgehead atoms. The van der Waals surface area contributed by atoms with E-state index in [0.717, 1.165) is 44.7 Å². The lowest BCUT2D eigenvalue weighted by atomic mass is 9.94. The summed E-state index contributed by atoms with van der Waals surface area (Å²) >= 11 is 0. The molecule has 38 heavy (non-hydrogen) atoms. The zero-order chi connectivity index (χ0) is 26.3. The maximum Gasteiger partial charge on any atom is 0.222 e. The summed E-state index contributed by atoms with van der Waals surface area (Å²) in [5.74, 6) is 0.308. The summed E-state index contributed by atoms with van der Waals surface area (Å²) in [5.41, 5.74) is 5.31. The van der Waals surface area contributed by atoms with Crippen molar-refractivity contribution in [2.24, 2.45) is 7.05 Å². The van der Waals surface area contributed by atoms with Gasteiger partial charge in [0, 0.05) is 68.6 Å². The predicted octanol–water partition coefficient (Wildman–Crippen LogP) is 3.96. The number of anilines is 1. The number of aryl methyl sites for hydroxylation is 1. The van der Waals surface area contributed by atoms with E-state index in [1.165, 1.54) is 6.92 Å². The zero-order valence-electron chi connectivity index (χ0n) is 21.6. The van der Waals surface area contributed by atoms with Crippen molar-refractivity contribution in [1.82, 2.24) is 19.5 Å². The first-order valence-corrected chi connectivity index (χ1v) is 12.5. The van der Waals surface area contributed by atoms with Crippen molar-refractivity contribution >= 4 is 22.6 Å². The van der Waals surface area contributed by atoms with E-state index in [4.69, 9.17) is 28.9 Å². The molecule has 0 saturated carbocycles. The van der Waals surface area contributed by atoms with Gasteiger partial charge in [0.25, 0.3) is 0 Å². The lowest BCUT2D eigenvalue weighted by Crippen LogP contribution is -2.30. The summed E-state index contributed by atoms with van der Waals surface area (Å²) in [6.07, 6.45) is 5.89. The molecule has 0 spiro atoms. The predicted molar refractivity (Wildman–Crippen MR) is 140 cm³/mol. The molecule has 4 aromatic rings. The van der Waals surface area contributed by atoms with Crippen LogP contribution >= 0.6 is 0 Å². The van der Waals surface area contributed by atoms with Gasteiger partial charge in [0.05, 0.1) is 48.6 Å². The second-order valence-corrected chi connectivity index (χ2v) is 9.60. The van der Waals surface area contributed by atoms with Crippen LogP contribution in [0.15, 0.2) is 48.9 Å². The summed E-state index contributed by atoms with van der Waals surface area (Å²) in [7, 11) is 3.66. The van der Waals surface area contributed by atoms with E-state index >= 15 is 0 Å². The zero-order valence-corrected chi connectivity index (χ0v) is 21.6. The number of hydrogen-bond donors (Lipinski definition) is 1. The van der Waals surface area contributed by atoms with E-state index < -0.39 is 5.60 Å². The number of fused-ring (bicyclic) bond motifs is 1. The number of nitrogens with zero attached hydrogens (tertiary/aromatic N) is 4. The highest BCUT2D eigenvalue weighted by molar-refractivity contribution is 5.98. The van der Waals surface area contributed by atoms with Gasteiger partial charge in [-0.2, -0.15) is 0 Å². The number of ether oxygens (including phenoxy) is 4. The molecule has 2 fully saturated rings. The lowest BCUT2D eigenvalue weighted by molar-refractivity contribution is -0.114. The molecule has 4 aromatic heterocycles. The summed E-state index contributed by atoms with van der Waals surface area (Å²) in [5, 5.41) is 3.70. The smallest absolute Gasteiger partial charge is 0.222 e. The van der Waals surface area contributed by atoms with Crippen LogP contribution in [0.3, 0.4) is 0 Å². The van der Waals surface area contributed by atoms with E-state index in [9.17, 15) is 4.79 Å². The molecular formula is C28H29N5O5. The van der Waals surface area contributed by atoms with E-state index in [1.54, 1.807) is 19.5 Å². The normalized spacial score (nSPS) is 19.9. The van der Waals surface area contributed by atoms with Crippen LogP contribution in [0.4, 0.5) is 5.82 Å². The first-order valence-electron chi connectivity index (χ1n) is 12.5. The van der Waals surface area contributed by atoms with E-state index in [-0.39, 0.29) is 12.2 Å². The first kappa shape index (κ1) is 24.6. The van der Waals surface area contributed by atoms with Crippen LogP contribution in [0.25, 0.3) is 33.4 Å². The minimum absolute atomic E-state index is 0.178. The number of pyridine rings is 3. The number of rotatable bonds is 6. The Hall–Kier alpha value is -3.70. The summed E-state index contributed by atoms with van der Waals surface area (Å²) in [6, 6.07) is 9.88. The fourth-order valence-corrected chi connectivity index (χ4v) is 5.06. The van der Waals surface area contributed by atoms with Gasteiger partial charge in [-0.05, 0) is 24.3 Å². The van der Waals surface area contributed by atoms with Gasteiger partial charge in [-0.15, -0.1) is 0 Å². The van der Waals surface area contributed by atoms with Crippen molar-refractivity contribution in [3.8, 4) is 22.5 Å². The molecule has 1 N–H and O–H groups in total. The molecule has 2 saturated heterocycles. The Morgan fingerprint density at radius 2 is 1.95 bits per heavy atom. The minimum atomic E-state index is -0.649. The van der Waals surface area contributed by atoms with E-state index in [1.807, 2.05) is 48.1 Å². The van der Waals surface area contributed by atoms with Crippen LogP contribution in [0.1, 0.15) is 30.9 Å². The number of carbonyl (C=O) groups excluding carboxylic acids is 1. The Morgan fingerprint density at radius 1 is 1.11 bits per heavy atom. The fourth-order valence-electron chi connectivity index (χ4n) is 5.06. The van der Waals surface area contributed by atoms with Crippen LogP contribution in [0.2, 0.25) is 0 Å². The van der Waals surface area contributed by atoms with E-state index in [2.05, 4.69) is 10.3 Å². The molecule has 10 heteroatoms. The lowest BCUT2D eigenvalue weighted by Gasteiger charge is -2.26. The number of methoxy groups -OCH3 is 1. The average Bonchev–Trinajstić information content (AvgIpc) is 3.70.